The molecule has 0 unspecified atom stereocenters. The molecule has 0 saturated carbocycles. The van der Waals surface area contributed by atoms with E-state index in [0.29, 0.717) is 5.15 Å². The molecule has 3 nitrogen and oxygen atoms in total. The largest absolute Gasteiger partial charge is 0.496 e. The minimum Gasteiger partial charge on any atom is -0.496 e. The first-order valence-electron chi connectivity index (χ1n) is 4.17. The maximum Gasteiger partial charge on any atom is 0.148 e. The van der Waals surface area contributed by atoms with Crippen LogP contribution in [0.1, 0.15) is 5.56 Å². The average molecular weight is 209 g/mol. The monoisotopic (exact) mass is 208 g/mol. The van der Waals surface area contributed by atoms with Crippen molar-refractivity contribution in [2.75, 3.05) is 7.11 Å². The molecule has 0 aliphatic heterocycles. The predicted molar refractivity (Wildman–Crippen MR) is 55.8 cm³/mol. The summed E-state index contributed by atoms with van der Waals surface area (Å²) >= 11 is 5.74. The number of hydrogen-bond donors (Lipinski definition) is 0. The Morgan fingerprint density at radius 3 is 2.79 bits per heavy atom. The molecule has 0 aliphatic carbocycles. The number of rotatable bonds is 1. The zero-order valence-corrected chi connectivity index (χ0v) is 8.67. The van der Waals surface area contributed by atoms with Crippen molar-refractivity contribution in [3.05, 3.63) is 29.0 Å². The molecule has 0 spiro atoms. The van der Waals surface area contributed by atoms with Crippen molar-refractivity contribution in [2.24, 2.45) is 0 Å². The van der Waals surface area contributed by atoms with Gasteiger partial charge in [0.15, 0.2) is 0 Å². The van der Waals surface area contributed by atoms with Gasteiger partial charge in [0.1, 0.15) is 10.9 Å². The zero-order chi connectivity index (χ0) is 10.1. The topological polar surface area (TPSA) is 35.0 Å². The van der Waals surface area contributed by atoms with Crippen LogP contribution in [0.3, 0.4) is 0 Å². The highest BCUT2D eigenvalue weighted by molar-refractivity contribution is 6.29. The molecule has 2 aromatic rings. The third-order valence-electron chi connectivity index (χ3n) is 2.03. The first kappa shape index (κ1) is 9.21. The van der Waals surface area contributed by atoms with Crippen LogP contribution in [0.2, 0.25) is 5.15 Å². The summed E-state index contributed by atoms with van der Waals surface area (Å²) in [5.41, 5.74) is 2.60. The normalized spacial score (nSPS) is 10.5. The number of hydrogen-bond acceptors (Lipinski definition) is 3. The molecule has 72 valence electrons. The minimum absolute atomic E-state index is 0.405. The highest BCUT2D eigenvalue weighted by Gasteiger charge is 2.03. The summed E-state index contributed by atoms with van der Waals surface area (Å²) in [6.07, 6.45) is 1.53. The van der Waals surface area contributed by atoms with Crippen LogP contribution in [0, 0.1) is 6.92 Å². The van der Waals surface area contributed by atoms with Crippen molar-refractivity contribution in [3.63, 3.8) is 0 Å². The van der Waals surface area contributed by atoms with Gasteiger partial charge >= 0.3 is 0 Å². The van der Waals surface area contributed by atoms with Crippen molar-refractivity contribution in [1.82, 2.24) is 9.97 Å². The molecule has 0 aliphatic rings. The number of ether oxygens (including phenoxy) is 1. The Labute approximate surface area is 86.7 Å². The third-order valence-corrected chi connectivity index (χ3v) is 2.21. The van der Waals surface area contributed by atoms with Crippen LogP contribution in [-0.4, -0.2) is 17.1 Å². The van der Waals surface area contributed by atoms with E-state index in [-0.39, 0.29) is 0 Å². The first-order valence-corrected chi connectivity index (χ1v) is 4.55. The SMILES string of the molecule is COc1cc2ncc(Cl)nc2cc1C. The Morgan fingerprint density at radius 1 is 1.29 bits per heavy atom. The minimum atomic E-state index is 0.405. The lowest BCUT2D eigenvalue weighted by atomic mass is 10.2. The van der Waals surface area contributed by atoms with Crippen LogP contribution in [0.25, 0.3) is 11.0 Å². The summed E-state index contributed by atoms with van der Waals surface area (Å²) in [4.78, 5) is 8.32. The molecule has 0 fully saturated rings. The highest BCUT2D eigenvalue weighted by Crippen LogP contribution is 2.23. The maximum atomic E-state index is 5.74. The second-order valence-electron chi connectivity index (χ2n) is 3.00. The smallest absolute Gasteiger partial charge is 0.148 e. The van der Waals surface area contributed by atoms with Gasteiger partial charge in [0.25, 0.3) is 0 Å². The molecule has 1 aromatic heterocycles. The zero-order valence-electron chi connectivity index (χ0n) is 7.91. The van der Waals surface area contributed by atoms with Gasteiger partial charge in [-0.25, -0.2) is 4.98 Å². The van der Waals surface area contributed by atoms with Crippen molar-refractivity contribution in [3.8, 4) is 5.75 Å². The third kappa shape index (κ3) is 1.51. The second kappa shape index (κ2) is 3.42. The standard InChI is InChI=1S/C10H9ClN2O/c1-6-3-8-7(4-9(6)14-2)12-5-10(11)13-8/h3-5H,1-2H3. The van der Waals surface area contributed by atoms with Crippen LogP contribution in [0.4, 0.5) is 0 Å². The number of aryl methyl sites for hydroxylation is 1. The summed E-state index contributed by atoms with van der Waals surface area (Å²) < 4.78 is 5.18. The van der Waals surface area contributed by atoms with E-state index in [0.717, 1.165) is 22.3 Å². The highest BCUT2D eigenvalue weighted by atomic mass is 35.5. The molecular weight excluding hydrogens is 200 g/mol. The fraction of sp³-hybridized carbons (Fsp3) is 0.200. The maximum absolute atomic E-state index is 5.74. The molecule has 2 rings (SSSR count). The van der Waals surface area contributed by atoms with Crippen molar-refractivity contribution < 1.29 is 4.74 Å². The molecule has 0 N–H and O–H groups in total. The van der Waals surface area contributed by atoms with Crippen LogP contribution >= 0.6 is 11.6 Å². The lowest BCUT2D eigenvalue weighted by molar-refractivity contribution is 0.412. The average Bonchev–Trinajstić information content (AvgIpc) is 2.16. The summed E-state index contributed by atoms with van der Waals surface area (Å²) in [6, 6.07) is 3.76. The molecule has 14 heavy (non-hydrogen) atoms. The quantitative estimate of drug-likeness (QED) is 0.723. The van der Waals surface area contributed by atoms with Gasteiger partial charge in [-0.3, -0.25) is 4.98 Å². The molecule has 1 heterocycles. The number of fused-ring (bicyclic) bond motifs is 1. The molecular formula is C10H9ClN2O. The van der Waals surface area contributed by atoms with Gasteiger partial charge in [0.2, 0.25) is 0 Å². The molecule has 0 bridgehead atoms. The van der Waals surface area contributed by atoms with Gasteiger partial charge in [-0.15, -0.1) is 0 Å². The number of nitrogens with zero attached hydrogens (tertiary/aromatic N) is 2. The lowest BCUT2D eigenvalue weighted by Crippen LogP contribution is -1.90. The van der Waals surface area contributed by atoms with E-state index in [2.05, 4.69) is 9.97 Å². The first-order chi connectivity index (χ1) is 6.70. The summed E-state index contributed by atoms with van der Waals surface area (Å²) in [7, 11) is 1.64. The fourth-order valence-electron chi connectivity index (χ4n) is 1.34. The number of benzene rings is 1. The molecule has 0 atom stereocenters. The van der Waals surface area contributed by atoms with E-state index in [9.17, 15) is 0 Å². The van der Waals surface area contributed by atoms with E-state index in [4.69, 9.17) is 16.3 Å². The van der Waals surface area contributed by atoms with Crippen LogP contribution < -0.4 is 4.74 Å². The Morgan fingerprint density at radius 2 is 2.07 bits per heavy atom. The lowest BCUT2D eigenvalue weighted by Gasteiger charge is -2.05. The predicted octanol–water partition coefficient (Wildman–Crippen LogP) is 2.60. The Kier molecular flexibility index (Phi) is 2.25. The molecule has 1 aromatic carbocycles. The van der Waals surface area contributed by atoms with E-state index < -0.39 is 0 Å². The second-order valence-corrected chi connectivity index (χ2v) is 3.39. The van der Waals surface area contributed by atoms with Gasteiger partial charge in [-0.05, 0) is 18.6 Å². The molecule has 0 radical (unpaired) electrons. The molecule has 0 saturated heterocycles. The van der Waals surface area contributed by atoms with Gasteiger partial charge in [-0.2, -0.15) is 0 Å². The van der Waals surface area contributed by atoms with Crippen molar-refractivity contribution >= 4 is 22.6 Å². The summed E-state index contributed by atoms with van der Waals surface area (Å²) in [5, 5.41) is 0.405. The van der Waals surface area contributed by atoms with Gasteiger partial charge in [0.05, 0.1) is 24.3 Å². The van der Waals surface area contributed by atoms with E-state index in [1.165, 1.54) is 6.20 Å². The summed E-state index contributed by atoms with van der Waals surface area (Å²) in [5.74, 6) is 0.814. The Hall–Kier alpha value is -1.35. The van der Waals surface area contributed by atoms with E-state index >= 15 is 0 Å². The number of halogens is 1. The van der Waals surface area contributed by atoms with Crippen LogP contribution in [0.15, 0.2) is 18.3 Å². The Bertz CT molecular complexity index is 485. The molecule has 0 amide bonds. The number of methoxy groups -OCH3 is 1. The molecule has 4 heteroatoms. The van der Waals surface area contributed by atoms with E-state index in [1.54, 1.807) is 7.11 Å². The van der Waals surface area contributed by atoms with Crippen LogP contribution in [-0.2, 0) is 0 Å². The van der Waals surface area contributed by atoms with E-state index in [1.807, 2.05) is 19.1 Å². The van der Waals surface area contributed by atoms with Gasteiger partial charge < -0.3 is 4.74 Å². The fourth-order valence-corrected chi connectivity index (χ4v) is 1.48. The van der Waals surface area contributed by atoms with Crippen molar-refractivity contribution in [2.45, 2.75) is 6.92 Å². The summed E-state index contributed by atoms with van der Waals surface area (Å²) in [6.45, 7) is 1.96. The number of aromatic nitrogens is 2. The van der Waals surface area contributed by atoms with Gasteiger partial charge in [-0.1, -0.05) is 11.6 Å². The van der Waals surface area contributed by atoms with Crippen LogP contribution in [0.5, 0.6) is 5.75 Å². The van der Waals surface area contributed by atoms with Crippen molar-refractivity contribution in [1.29, 1.82) is 0 Å². The Balaban J connectivity index is 2.73. The van der Waals surface area contributed by atoms with Gasteiger partial charge in [0, 0.05) is 6.07 Å².